The van der Waals surface area contributed by atoms with Crippen LogP contribution in [0.25, 0.3) is 5.78 Å². The zero-order valence-electron chi connectivity index (χ0n) is 16.3. The van der Waals surface area contributed by atoms with Crippen molar-refractivity contribution in [3.05, 3.63) is 64.2 Å². The Morgan fingerprint density at radius 2 is 1.94 bits per heavy atom. The third-order valence-electron chi connectivity index (χ3n) is 4.13. The van der Waals surface area contributed by atoms with Crippen LogP contribution in [0, 0.1) is 13.8 Å². The van der Waals surface area contributed by atoms with Gasteiger partial charge in [-0.2, -0.15) is 4.98 Å². The standard InChI is InChI=1S/C19H15F3N6O2S/c1-10-7-11(2)28-17(24-10)25-15(27-28)16(29)26-18-23-9-14(31-18)8-12-3-5-13(6-4-12)30-19(20,21)22/h3-7,9H,8H2,1-2H3,(H,23,26,29). The Labute approximate surface area is 177 Å². The maximum atomic E-state index is 12.5. The molecule has 0 saturated carbocycles. The first-order chi connectivity index (χ1) is 14.7. The number of amides is 1. The molecule has 4 aromatic rings. The highest BCUT2D eigenvalue weighted by Gasteiger charge is 2.30. The van der Waals surface area contributed by atoms with Crippen molar-refractivity contribution in [1.82, 2.24) is 24.6 Å². The van der Waals surface area contributed by atoms with Gasteiger partial charge in [0.2, 0.25) is 5.82 Å². The number of rotatable bonds is 5. The minimum atomic E-state index is -4.73. The summed E-state index contributed by atoms with van der Waals surface area (Å²) in [5.74, 6) is -0.496. The van der Waals surface area contributed by atoms with E-state index in [1.54, 1.807) is 6.20 Å². The zero-order chi connectivity index (χ0) is 22.2. The summed E-state index contributed by atoms with van der Waals surface area (Å²) in [5.41, 5.74) is 2.35. The number of aryl methyl sites for hydroxylation is 2. The molecule has 31 heavy (non-hydrogen) atoms. The molecule has 12 heteroatoms. The van der Waals surface area contributed by atoms with E-state index in [0.29, 0.717) is 17.3 Å². The summed E-state index contributed by atoms with van der Waals surface area (Å²) in [6.07, 6.45) is -2.70. The molecule has 0 aliphatic heterocycles. The molecule has 1 amide bonds. The maximum Gasteiger partial charge on any atom is 0.573 e. The number of alkyl halides is 3. The predicted octanol–water partition coefficient (Wildman–Crippen LogP) is 3.94. The van der Waals surface area contributed by atoms with Crippen molar-refractivity contribution in [3.8, 4) is 5.75 Å². The smallest absolute Gasteiger partial charge is 0.406 e. The highest BCUT2D eigenvalue weighted by molar-refractivity contribution is 7.15. The molecule has 0 unspecified atom stereocenters. The molecular weight excluding hydrogens is 433 g/mol. The number of carbonyl (C=O) groups excluding carboxylic acids is 1. The Bertz CT molecular complexity index is 1250. The first-order valence-corrected chi connectivity index (χ1v) is 9.80. The van der Waals surface area contributed by atoms with Gasteiger partial charge in [-0.3, -0.25) is 10.1 Å². The van der Waals surface area contributed by atoms with Gasteiger partial charge < -0.3 is 4.74 Å². The minimum Gasteiger partial charge on any atom is -0.406 e. The Hall–Kier alpha value is -3.54. The fraction of sp³-hybridized carbons (Fsp3) is 0.211. The number of aromatic nitrogens is 5. The Morgan fingerprint density at radius 3 is 2.65 bits per heavy atom. The van der Waals surface area contributed by atoms with Crippen LogP contribution in [0.3, 0.4) is 0 Å². The number of nitrogens with zero attached hydrogens (tertiary/aromatic N) is 5. The second-order valence-electron chi connectivity index (χ2n) is 6.64. The average Bonchev–Trinajstić information content (AvgIpc) is 3.29. The molecule has 3 aromatic heterocycles. The Kier molecular flexibility index (Phi) is 5.31. The van der Waals surface area contributed by atoms with E-state index in [9.17, 15) is 18.0 Å². The molecule has 0 aliphatic rings. The van der Waals surface area contributed by atoms with Gasteiger partial charge in [-0.15, -0.1) is 29.6 Å². The quantitative estimate of drug-likeness (QED) is 0.497. The molecule has 0 aliphatic carbocycles. The fourth-order valence-corrected chi connectivity index (χ4v) is 3.71. The molecule has 8 nitrogen and oxygen atoms in total. The van der Waals surface area contributed by atoms with Crippen LogP contribution < -0.4 is 10.1 Å². The first kappa shape index (κ1) is 20.7. The normalized spacial score (nSPS) is 11.6. The molecule has 0 bridgehead atoms. The highest BCUT2D eigenvalue weighted by Crippen LogP contribution is 2.25. The van der Waals surface area contributed by atoms with Gasteiger partial charge in [0.25, 0.3) is 11.7 Å². The molecule has 0 saturated heterocycles. The number of anilines is 1. The number of halogens is 3. The van der Waals surface area contributed by atoms with E-state index in [-0.39, 0.29) is 11.6 Å². The van der Waals surface area contributed by atoms with Gasteiger partial charge in [0.05, 0.1) is 0 Å². The monoisotopic (exact) mass is 448 g/mol. The van der Waals surface area contributed by atoms with Crippen LogP contribution in [0.4, 0.5) is 18.3 Å². The highest BCUT2D eigenvalue weighted by atomic mass is 32.1. The number of ether oxygens (including phenoxy) is 1. The number of nitrogens with one attached hydrogen (secondary N) is 1. The van der Waals surface area contributed by atoms with Crippen LogP contribution >= 0.6 is 11.3 Å². The number of hydrogen-bond acceptors (Lipinski definition) is 7. The molecule has 0 radical (unpaired) electrons. The summed E-state index contributed by atoms with van der Waals surface area (Å²) >= 11 is 1.25. The van der Waals surface area contributed by atoms with E-state index in [0.717, 1.165) is 21.8 Å². The van der Waals surface area contributed by atoms with Crippen molar-refractivity contribution in [1.29, 1.82) is 0 Å². The first-order valence-electron chi connectivity index (χ1n) is 8.98. The van der Waals surface area contributed by atoms with Gasteiger partial charge in [-0.25, -0.2) is 14.5 Å². The van der Waals surface area contributed by atoms with E-state index in [4.69, 9.17) is 0 Å². The second-order valence-corrected chi connectivity index (χ2v) is 7.76. The van der Waals surface area contributed by atoms with E-state index in [1.165, 1.54) is 40.1 Å². The SMILES string of the molecule is Cc1cc(C)n2nc(C(=O)Nc3ncc(Cc4ccc(OC(F)(F)F)cc4)s3)nc2n1. The van der Waals surface area contributed by atoms with Gasteiger partial charge in [0, 0.05) is 28.9 Å². The number of thiazole rings is 1. The van der Waals surface area contributed by atoms with Gasteiger partial charge in [0.1, 0.15) is 5.75 Å². The summed E-state index contributed by atoms with van der Waals surface area (Å²) in [4.78, 5) is 25.9. The van der Waals surface area contributed by atoms with Gasteiger partial charge in [-0.05, 0) is 37.6 Å². The van der Waals surface area contributed by atoms with Crippen LogP contribution in [0.5, 0.6) is 5.75 Å². The van der Waals surface area contributed by atoms with Crippen molar-refractivity contribution < 1.29 is 22.7 Å². The predicted molar refractivity (Wildman–Crippen MR) is 106 cm³/mol. The fourth-order valence-electron chi connectivity index (χ4n) is 2.87. The van der Waals surface area contributed by atoms with Crippen LogP contribution in [-0.2, 0) is 6.42 Å². The number of fused-ring (bicyclic) bond motifs is 1. The lowest BCUT2D eigenvalue weighted by Gasteiger charge is -2.08. The van der Waals surface area contributed by atoms with E-state index in [1.807, 2.05) is 19.9 Å². The number of hydrogen-bond donors (Lipinski definition) is 1. The zero-order valence-corrected chi connectivity index (χ0v) is 17.1. The van der Waals surface area contributed by atoms with E-state index < -0.39 is 12.3 Å². The lowest BCUT2D eigenvalue weighted by Crippen LogP contribution is -2.17. The third-order valence-corrected chi connectivity index (χ3v) is 5.04. The molecule has 4 rings (SSSR count). The Balaban J connectivity index is 1.42. The molecule has 1 N–H and O–H groups in total. The number of carbonyl (C=O) groups is 1. The van der Waals surface area contributed by atoms with Crippen molar-refractivity contribution >= 4 is 28.2 Å². The van der Waals surface area contributed by atoms with Gasteiger partial charge in [-0.1, -0.05) is 12.1 Å². The summed E-state index contributed by atoms with van der Waals surface area (Å²) in [6, 6.07) is 7.41. The lowest BCUT2D eigenvalue weighted by molar-refractivity contribution is -0.274. The largest absolute Gasteiger partial charge is 0.573 e. The van der Waals surface area contributed by atoms with Gasteiger partial charge in [0.15, 0.2) is 5.13 Å². The van der Waals surface area contributed by atoms with Crippen molar-refractivity contribution in [2.75, 3.05) is 5.32 Å². The molecule has 0 fully saturated rings. The lowest BCUT2D eigenvalue weighted by atomic mass is 10.1. The third kappa shape index (κ3) is 4.97. The summed E-state index contributed by atoms with van der Waals surface area (Å²) in [6.45, 7) is 3.67. The van der Waals surface area contributed by atoms with E-state index >= 15 is 0 Å². The van der Waals surface area contributed by atoms with Crippen LogP contribution in [-0.4, -0.2) is 36.8 Å². The number of benzene rings is 1. The molecular formula is C19H15F3N6O2S. The molecule has 3 heterocycles. The summed E-state index contributed by atoms with van der Waals surface area (Å²) < 4.78 is 42.1. The summed E-state index contributed by atoms with van der Waals surface area (Å²) in [5, 5.41) is 7.18. The molecule has 160 valence electrons. The second kappa shape index (κ2) is 7.95. The summed E-state index contributed by atoms with van der Waals surface area (Å²) in [7, 11) is 0. The molecule has 1 aromatic carbocycles. The Morgan fingerprint density at radius 1 is 1.19 bits per heavy atom. The maximum absolute atomic E-state index is 12.5. The van der Waals surface area contributed by atoms with E-state index in [2.05, 4.69) is 30.1 Å². The van der Waals surface area contributed by atoms with Crippen molar-refractivity contribution in [2.45, 2.75) is 26.6 Å². The van der Waals surface area contributed by atoms with Crippen LogP contribution in [0.15, 0.2) is 36.5 Å². The van der Waals surface area contributed by atoms with Crippen molar-refractivity contribution in [2.24, 2.45) is 0 Å². The topological polar surface area (TPSA) is 94.3 Å². The van der Waals surface area contributed by atoms with Crippen LogP contribution in [0.2, 0.25) is 0 Å². The average molecular weight is 448 g/mol. The van der Waals surface area contributed by atoms with Gasteiger partial charge >= 0.3 is 6.36 Å². The van der Waals surface area contributed by atoms with Crippen LogP contribution in [0.1, 0.15) is 32.4 Å². The molecule has 0 spiro atoms. The molecule has 0 atom stereocenters. The minimum absolute atomic E-state index is 0.0294. The van der Waals surface area contributed by atoms with Crippen molar-refractivity contribution in [3.63, 3.8) is 0 Å².